The molecule has 0 saturated carbocycles. The highest BCUT2D eigenvalue weighted by molar-refractivity contribution is 5.95. The van der Waals surface area contributed by atoms with Crippen LogP contribution in [0.25, 0.3) is 11.3 Å². The average molecular weight is 328 g/mol. The highest BCUT2D eigenvalue weighted by Crippen LogP contribution is 2.19. The molecule has 1 aliphatic heterocycles. The SMILES string of the molecule is C[C@@H]1CNCCN1C(=O)CNC(=O)c1cc(-c2ccccc2)on1. The first-order chi connectivity index (χ1) is 11.6. The Morgan fingerprint density at radius 2 is 2.17 bits per heavy atom. The van der Waals surface area contributed by atoms with E-state index in [1.165, 1.54) is 0 Å². The molecule has 1 aromatic heterocycles. The van der Waals surface area contributed by atoms with Crippen LogP contribution in [0, 0.1) is 0 Å². The van der Waals surface area contributed by atoms with E-state index >= 15 is 0 Å². The number of nitrogens with zero attached hydrogens (tertiary/aromatic N) is 2. The Kier molecular flexibility index (Phi) is 4.90. The van der Waals surface area contributed by atoms with Gasteiger partial charge in [0.15, 0.2) is 11.5 Å². The molecule has 0 unspecified atom stereocenters. The Morgan fingerprint density at radius 1 is 1.38 bits per heavy atom. The molecule has 2 heterocycles. The third kappa shape index (κ3) is 3.62. The van der Waals surface area contributed by atoms with E-state index in [2.05, 4.69) is 15.8 Å². The summed E-state index contributed by atoms with van der Waals surface area (Å²) < 4.78 is 5.20. The maximum absolute atomic E-state index is 12.2. The summed E-state index contributed by atoms with van der Waals surface area (Å²) in [6.07, 6.45) is 0. The van der Waals surface area contributed by atoms with Crippen molar-refractivity contribution >= 4 is 11.8 Å². The van der Waals surface area contributed by atoms with Crippen molar-refractivity contribution < 1.29 is 14.1 Å². The molecule has 3 rings (SSSR count). The largest absolute Gasteiger partial charge is 0.355 e. The van der Waals surface area contributed by atoms with Crippen LogP contribution in [-0.4, -0.2) is 54.1 Å². The maximum atomic E-state index is 12.2. The van der Waals surface area contributed by atoms with Gasteiger partial charge in [-0.1, -0.05) is 35.5 Å². The van der Waals surface area contributed by atoms with E-state index in [9.17, 15) is 9.59 Å². The number of hydrogen-bond donors (Lipinski definition) is 2. The van der Waals surface area contributed by atoms with Crippen molar-refractivity contribution in [3.05, 3.63) is 42.1 Å². The minimum atomic E-state index is -0.419. The van der Waals surface area contributed by atoms with Crippen molar-refractivity contribution in [2.75, 3.05) is 26.2 Å². The minimum absolute atomic E-state index is 0.0449. The lowest BCUT2D eigenvalue weighted by atomic mass is 10.1. The molecule has 0 bridgehead atoms. The molecule has 0 aliphatic carbocycles. The molecule has 7 nitrogen and oxygen atoms in total. The molecule has 7 heteroatoms. The first-order valence-corrected chi connectivity index (χ1v) is 7.95. The fraction of sp³-hybridized carbons (Fsp3) is 0.353. The lowest BCUT2D eigenvalue weighted by Gasteiger charge is -2.34. The van der Waals surface area contributed by atoms with Gasteiger partial charge in [-0.3, -0.25) is 9.59 Å². The van der Waals surface area contributed by atoms with E-state index in [0.29, 0.717) is 12.3 Å². The van der Waals surface area contributed by atoms with Crippen LogP contribution in [0.5, 0.6) is 0 Å². The van der Waals surface area contributed by atoms with Crippen LogP contribution in [0.1, 0.15) is 17.4 Å². The molecule has 1 fully saturated rings. The number of carbonyl (C=O) groups excluding carboxylic acids is 2. The van der Waals surface area contributed by atoms with Crippen molar-refractivity contribution in [1.29, 1.82) is 0 Å². The predicted octanol–water partition coefficient (Wildman–Crippen LogP) is 0.892. The zero-order chi connectivity index (χ0) is 16.9. The molecule has 2 amide bonds. The second kappa shape index (κ2) is 7.27. The lowest BCUT2D eigenvalue weighted by molar-refractivity contribution is -0.132. The number of carbonyl (C=O) groups is 2. The maximum Gasteiger partial charge on any atom is 0.273 e. The lowest BCUT2D eigenvalue weighted by Crippen LogP contribution is -2.54. The topological polar surface area (TPSA) is 87.5 Å². The van der Waals surface area contributed by atoms with Gasteiger partial charge in [-0.2, -0.15) is 0 Å². The second-order valence-electron chi connectivity index (χ2n) is 5.77. The average Bonchev–Trinajstić information content (AvgIpc) is 3.11. The zero-order valence-electron chi connectivity index (χ0n) is 13.5. The quantitative estimate of drug-likeness (QED) is 0.870. The van der Waals surface area contributed by atoms with Gasteiger partial charge in [0, 0.05) is 37.3 Å². The molecule has 126 valence electrons. The standard InChI is InChI=1S/C17H20N4O3/c1-12-10-18-7-8-21(12)16(22)11-19-17(23)14-9-15(24-20-14)13-5-3-2-4-6-13/h2-6,9,12,18H,7-8,10-11H2,1H3,(H,19,23)/t12-/m1/s1. The summed E-state index contributed by atoms with van der Waals surface area (Å²) in [5.74, 6) is 0.00370. The molecule has 0 spiro atoms. The molecule has 0 radical (unpaired) electrons. The van der Waals surface area contributed by atoms with Crippen molar-refractivity contribution in [1.82, 2.24) is 20.7 Å². The van der Waals surface area contributed by atoms with Gasteiger partial charge in [0.05, 0.1) is 6.54 Å². The van der Waals surface area contributed by atoms with Crippen molar-refractivity contribution in [3.8, 4) is 11.3 Å². The van der Waals surface area contributed by atoms with E-state index in [1.54, 1.807) is 11.0 Å². The van der Waals surface area contributed by atoms with Gasteiger partial charge in [0.25, 0.3) is 5.91 Å². The Labute approximate surface area is 140 Å². The first kappa shape index (κ1) is 16.2. The molecule has 2 N–H and O–H groups in total. The summed E-state index contributed by atoms with van der Waals surface area (Å²) >= 11 is 0. The Morgan fingerprint density at radius 3 is 2.92 bits per heavy atom. The summed E-state index contributed by atoms with van der Waals surface area (Å²) in [5, 5.41) is 9.61. The number of nitrogens with one attached hydrogen (secondary N) is 2. The van der Waals surface area contributed by atoms with E-state index in [1.807, 2.05) is 37.3 Å². The van der Waals surface area contributed by atoms with E-state index in [-0.39, 0.29) is 24.2 Å². The summed E-state index contributed by atoms with van der Waals surface area (Å²) in [4.78, 5) is 26.1. The van der Waals surface area contributed by atoms with Gasteiger partial charge in [0.1, 0.15) is 0 Å². The normalized spacial score (nSPS) is 17.5. The van der Waals surface area contributed by atoms with Gasteiger partial charge in [-0.25, -0.2) is 0 Å². The van der Waals surface area contributed by atoms with Gasteiger partial charge in [-0.15, -0.1) is 0 Å². The monoisotopic (exact) mass is 328 g/mol. The summed E-state index contributed by atoms with van der Waals surface area (Å²) in [5.41, 5.74) is 1.00. The Bertz CT molecular complexity index is 714. The third-order valence-electron chi connectivity index (χ3n) is 4.02. The minimum Gasteiger partial charge on any atom is -0.355 e. The van der Waals surface area contributed by atoms with Crippen LogP contribution in [0.4, 0.5) is 0 Å². The number of hydrogen-bond acceptors (Lipinski definition) is 5. The smallest absolute Gasteiger partial charge is 0.273 e. The summed E-state index contributed by atoms with van der Waals surface area (Å²) in [7, 11) is 0. The van der Waals surface area contributed by atoms with Crippen molar-refractivity contribution in [2.24, 2.45) is 0 Å². The second-order valence-corrected chi connectivity index (χ2v) is 5.77. The molecule has 1 atom stereocenters. The van der Waals surface area contributed by atoms with Crippen molar-refractivity contribution in [3.63, 3.8) is 0 Å². The first-order valence-electron chi connectivity index (χ1n) is 7.95. The van der Waals surface area contributed by atoms with Crippen LogP contribution in [0.15, 0.2) is 40.9 Å². The van der Waals surface area contributed by atoms with Gasteiger partial charge in [0.2, 0.25) is 5.91 Å². The number of amides is 2. The molecular formula is C17H20N4O3. The zero-order valence-corrected chi connectivity index (χ0v) is 13.5. The Hall–Kier alpha value is -2.67. The molecule has 2 aromatic rings. The van der Waals surface area contributed by atoms with E-state index in [4.69, 9.17) is 4.52 Å². The molecule has 1 saturated heterocycles. The molecule has 24 heavy (non-hydrogen) atoms. The van der Waals surface area contributed by atoms with Crippen LogP contribution in [0.2, 0.25) is 0 Å². The van der Waals surface area contributed by atoms with E-state index < -0.39 is 5.91 Å². The molecule has 1 aliphatic rings. The molecular weight excluding hydrogens is 308 g/mol. The number of benzene rings is 1. The van der Waals surface area contributed by atoms with Crippen LogP contribution < -0.4 is 10.6 Å². The molecule has 1 aromatic carbocycles. The van der Waals surface area contributed by atoms with E-state index in [0.717, 1.165) is 18.7 Å². The fourth-order valence-electron chi connectivity index (χ4n) is 2.68. The highest BCUT2D eigenvalue weighted by atomic mass is 16.5. The summed E-state index contributed by atoms with van der Waals surface area (Å²) in [6.45, 7) is 4.13. The number of piperazine rings is 1. The van der Waals surface area contributed by atoms with Gasteiger partial charge >= 0.3 is 0 Å². The summed E-state index contributed by atoms with van der Waals surface area (Å²) in [6, 6.07) is 11.1. The highest BCUT2D eigenvalue weighted by Gasteiger charge is 2.23. The van der Waals surface area contributed by atoms with Crippen LogP contribution >= 0.6 is 0 Å². The fourth-order valence-corrected chi connectivity index (χ4v) is 2.68. The Balaban J connectivity index is 1.57. The van der Waals surface area contributed by atoms with Crippen LogP contribution in [0.3, 0.4) is 0 Å². The predicted molar refractivity (Wildman–Crippen MR) is 88.3 cm³/mol. The third-order valence-corrected chi connectivity index (χ3v) is 4.02. The number of rotatable bonds is 4. The number of aromatic nitrogens is 1. The van der Waals surface area contributed by atoms with Gasteiger partial charge < -0.3 is 20.1 Å². The van der Waals surface area contributed by atoms with Crippen molar-refractivity contribution in [2.45, 2.75) is 13.0 Å². The van der Waals surface area contributed by atoms with Gasteiger partial charge in [-0.05, 0) is 6.92 Å². The van der Waals surface area contributed by atoms with Crippen LogP contribution in [-0.2, 0) is 4.79 Å².